The molecule has 25 heavy (non-hydrogen) atoms. The first-order valence-corrected chi connectivity index (χ1v) is 7.81. The zero-order valence-electron chi connectivity index (χ0n) is 13.7. The van der Waals surface area contributed by atoms with Crippen LogP contribution in [0.5, 0.6) is 0 Å². The molecule has 0 aliphatic carbocycles. The topological polar surface area (TPSA) is 66.9 Å². The summed E-state index contributed by atoms with van der Waals surface area (Å²) in [7, 11) is 0. The molecule has 0 radical (unpaired) electrons. The Bertz CT molecular complexity index is 898. The molecule has 126 valence electrons. The quantitative estimate of drug-likeness (QED) is 0.747. The molecule has 0 aliphatic rings. The maximum absolute atomic E-state index is 13.6. The second-order valence-corrected chi connectivity index (χ2v) is 5.48. The first-order valence-electron chi connectivity index (χ1n) is 7.81. The number of carbonyl (C=O) groups is 1. The van der Waals surface area contributed by atoms with Crippen molar-refractivity contribution in [2.45, 2.75) is 13.5 Å². The van der Waals surface area contributed by atoms with Crippen molar-refractivity contribution in [3.63, 3.8) is 0 Å². The maximum atomic E-state index is 13.6. The summed E-state index contributed by atoms with van der Waals surface area (Å²) in [6, 6.07) is 15.5. The second-order valence-electron chi connectivity index (χ2n) is 5.48. The molecule has 0 atom stereocenters. The number of nitrogens with one attached hydrogen (secondary N) is 2. The molecule has 5 nitrogen and oxygen atoms in total. The molecule has 1 aromatic heterocycles. The van der Waals surface area contributed by atoms with Crippen LogP contribution in [0.3, 0.4) is 0 Å². The van der Waals surface area contributed by atoms with Gasteiger partial charge in [-0.1, -0.05) is 36.4 Å². The van der Waals surface area contributed by atoms with Crippen molar-refractivity contribution in [1.82, 2.24) is 15.3 Å². The fourth-order valence-corrected chi connectivity index (χ4v) is 2.29. The highest BCUT2D eigenvalue weighted by atomic mass is 19.1. The third-order valence-electron chi connectivity index (χ3n) is 3.68. The normalized spacial score (nSPS) is 10.3. The zero-order valence-corrected chi connectivity index (χ0v) is 13.7. The number of aromatic nitrogens is 2. The van der Waals surface area contributed by atoms with Gasteiger partial charge in [-0.15, -0.1) is 0 Å². The van der Waals surface area contributed by atoms with E-state index in [2.05, 4.69) is 20.6 Å². The van der Waals surface area contributed by atoms with Gasteiger partial charge in [0.1, 0.15) is 11.5 Å². The highest BCUT2D eigenvalue weighted by Crippen LogP contribution is 2.17. The predicted molar refractivity (Wildman–Crippen MR) is 94.1 cm³/mol. The molecule has 0 spiro atoms. The van der Waals surface area contributed by atoms with Crippen molar-refractivity contribution in [2.24, 2.45) is 0 Å². The molecule has 0 saturated heterocycles. The Morgan fingerprint density at radius 3 is 2.64 bits per heavy atom. The van der Waals surface area contributed by atoms with E-state index in [1.807, 2.05) is 31.2 Å². The molecule has 0 unspecified atom stereocenters. The lowest BCUT2D eigenvalue weighted by Crippen LogP contribution is -2.24. The summed E-state index contributed by atoms with van der Waals surface area (Å²) in [5.74, 6) is -0.418. The molecule has 6 heteroatoms. The molecule has 1 amide bonds. The number of aryl methyl sites for hydroxylation is 1. The Kier molecular flexibility index (Phi) is 4.99. The number of anilines is 2. The third kappa shape index (κ3) is 4.17. The minimum Gasteiger partial charge on any atom is -0.347 e. The van der Waals surface area contributed by atoms with Crippen LogP contribution in [0.4, 0.5) is 16.0 Å². The Labute approximate surface area is 145 Å². The van der Waals surface area contributed by atoms with Crippen LogP contribution in [0.1, 0.15) is 21.6 Å². The van der Waals surface area contributed by atoms with Gasteiger partial charge in [-0.2, -0.15) is 0 Å². The number of carbonyl (C=O) groups excluding carboxylic acids is 1. The van der Waals surface area contributed by atoms with E-state index in [0.717, 1.165) is 11.3 Å². The van der Waals surface area contributed by atoms with Gasteiger partial charge in [0, 0.05) is 24.0 Å². The van der Waals surface area contributed by atoms with E-state index in [4.69, 9.17) is 0 Å². The van der Waals surface area contributed by atoms with Crippen LogP contribution in [0.2, 0.25) is 0 Å². The number of halogens is 1. The number of hydrogen-bond donors (Lipinski definition) is 2. The Morgan fingerprint density at radius 2 is 1.84 bits per heavy atom. The highest BCUT2D eigenvalue weighted by Gasteiger charge is 2.10. The average Bonchev–Trinajstić information content (AvgIpc) is 2.63. The lowest BCUT2D eigenvalue weighted by Gasteiger charge is -2.09. The summed E-state index contributed by atoms with van der Waals surface area (Å²) in [4.78, 5) is 20.6. The van der Waals surface area contributed by atoms with E-state index in [-0.39, 0.29) is 18.1 Å². The van der Waals surface area contributed by atoms with Crippen molar-refractivity contribution in [3.05, 3.63) is 83.4 Å². The van der Waals surface area contributed by atoms with Crippen LogP contribution in [0, 0.1) is 12.7 Å². The van der Waals surface area contributed by atoms with Gasteiger partial charge < -0.3 is 10.6 Å². The fraction of sp³-hybridized carbons (Fsp3) is 0.105. The van der Waals surface area contributed by atoms with Gasteiger partial charge in [0.15, 0.2) is 0 Å². The first kappa shape index (κ1) is 16.6. The van der Waals surface area contributed by atoms with Crippen LogP contribution >= 0.6 is 0 Å². The molecule has 2 aromatic carbocycles. The summed E-state index contributed by atoms with van der Waals surface area (Å²) in [5.41, 5.74) is 2.54. The van der Waals surface area contributed by atoms with Crippen LogP contribution in [-0.4, -0.2) is 15.9 Å². The lowest BCUT2D eigenvalue weighted by atomic mass is 10.2. The van der Waals surface area contributed by atoms with E-state index in [1.54, 1.807) is 18.2 Å². The number of nitrogens with zero attached hydrogens (tertiary/aromatic N) is 2. The summed E-state index contributed by atoms with van der Waals surface area (Å²) in [6.07, 6.45) is 1.51. The Morgan fingerprint density at radius 1 is 1.08 bits per heavy atom. The number of benzene rings is 2. The Balaban J connectivity index is 1.69. The lowest BCUT2D eigenvalue weighted by molar-refractivity contribution is 0.0945. The van der Waals surface area contributed by atoms with Crippen molar-refractivity contribution < 1.29 is 9.18 Å². The van der Waals surface area contributed by atoms with Gasteiger partial charge in [-0.3, -0.25) is 4.79 Å². The number of para-hydroxylation sites is 1. The molecule has 1 heterocycles. The van der Waals surface area contributed by atoms with E-state index < -0.39 is 5.91 Å². The predicted octanol–water partition coefficient (Wildman–Crippen LogP) is 3.60. The molecular weight excluding hydrogens is 319 g/mol. The highest BCUT2D eigenvalue weighted by molar-refractivity contribution is 5.92. The smallest absolute Gasteiger partial charge is 0.270 e. The molecular formula is C19H17FN4O. The zero-order chi connectivity index (χ0) is 17.6. The SMILES string of the molecule is Cc1ccccc1Nc1nccc(C(=O)NCc2ccccc2F)n1. The number of hydrogen-bond acceptors (Lipinski definition) is 4. The van der Waals surface area contributed by atoms with E-state index in [9.17, 15) is 9.18 Å². The first-order chi connectivity index (χ1) is 12.1. The minimum absolute atomic E-state index is 0.0933. The van der Waals surface area contributed by atoms with Crippen molar-refractivity contribution in [3.8, 4) is 0 Å². The summed E-state index contributed by atoms with van der Waals surface area (Å²) in [6.45, 7) is 2.06. The third-order valence-corrected chi connectivity index (χ3v) is 3.68. The van der Waals surface area contributed by atoms with Crippen LogP contribution in [-0.2, 0) is 6.54 Å². The number of amides is 1. The molecule has 2 N–H and O–H groups in total. The summed E-state index contributed by atoms with van der Waals surface area (Å²) in [5, 5.41) is 5.75. The van der Waals surface area contributed by atoms with Gasteiger partial charge >= 0.3 is 0 Å². The van der Waals surface area contributed by atoms with E-state index >= 15 is 0 Å². The van der Waals surface area contributed by atoms with Gasteiger partial charge in [0.2, 0.25) is 5.95 Å². The second kappa shape index (κ2) is 7.53. The van der Waals surface area contributed by atoms with E-state index in [0.29, 0.717) is 11.5 Å². The monoisotopic (exact) mass is 336 g/mol. The van der Waals surface area contributed by atoms with Crippen molar-refractivity contribution >= 4 is 17.5 Å². The molecule has 0 fully saturated rings. The van der Waals surface area contributed by atoms with Crippen molar-refractivity contribution in [2.75, 3.05) is 5.32 Å². The van der Waals surface area contributed by atoms with Gasteiger partial charge in [0.05, 0.1) is 0 Å². The molecule has 3 rings (SSSR count). The van der Waals surface area contributed by atoms with Gasteiger partial charge in [-0.25, -0.2) is 14.4 Å². The average molecular weight is 336 g/mol. The van der Waals surface area contributed by atoms with E-state index in [1.165, 1.54) is 18.3 Å². The van der Waals surface area contributed by atoms with Crippen molar-refractivity contribution in [1.29, 1.82) is 0 Å². The van der Waals surface area contributed by atoms with Crippen LogP contribution in [0.15, 0.2) is 60.8 Å². The van der Waals surface area contributed by atoms with Gasteiger partial charge in [-0.05, 0) is 30.7 Å². The molecule has 0 saturated carbocycles. The fourth-order valence-electron chi connectivity index (χ4n) is 2.29. The summed E-state index contributed by atoms with van der Waals surface area (Å²) < 4.78 is 13.6. The van der Waals surface area contributed by atoms with Gasteiger partial charge in [0.25, 0.3) is 5.91 Å². The minimum atomic E-state index is -0.390. The number of rotatable bonds is 5. The maximum Gasteiger partial charge on any atom is 0.270 e. The molecule has 0 aliphatic heterocycles. The molecule has 3 aromatic rings. The van der Waals surface area contributed by atoms with Crippen LogP contribution < -0.4 is 10.6 Å². The molecule has 0 bridgehead atoms. The summed E-state index contributed by atoms with van der Waals surface area (Å²) >= 11 is 0. The van der Waals surface area contributed by atoms with Crippen LogP contribution in [0.25, 0.3) is 0 Å². The standard InChI is InChI=1S/C19H17FN4O/c1-13-6-2-5-9-16(13)23-19-21-11-10-17(24-19)18(25)22-12-14-7-3-4-8-15(14)20/h2-11H,12H2,1H3,(H,22,25)(H,21,23,24). The largest absolute Gasteiger partial charge is 0.347 e. The Hall–Kier alpha value is -3.28.